The molecule has 0 radical (unpaired) electrons. The van der Waals surface area contributed by atoms with Crippen LogP contribution in [-0.2, 0) is 17.7 Å². The largest absolute Gasteiger partial charge is 0.464 e. The minimum Gasteiger partial charge on any atom is -0.464 e. The van der Waals surface area contributed by atoms with Gasteiger partial charge in [0.25, 0.3) is 11.5 Å². The minimum atomic E-state index is -0.564. The number of hydrogen-bond acceptors (Lipinski definition) is 6. The maximum Gasteiger partial charge on any atom is 0.359 e. The summed E-state index contributed by atoms with van der Waals surface area (Å²) < 4.78 is 6.51. The fourth-order valence-electron chi connectivity index (χ4n) is 4.11. The third-order valence-corrected chi connectivity index (χ3v) is 5.78. The molecule has 3 heterocycles. The van der Waals surface area contributed by atoms with E-state index in [9.17, 15) is 14.4 Å². The Balaban J connectivity index is 1.47. The number of esters is 1. The second-order valence-corrected chi connectivity index (χ2v) is 7.81. The molecule has 1 aliphatic heterocycles. The summed E-state index contributed by atoms with van der Waals surface area (Å²) in [4.78, 5) is 42.4. The molecule has 2 N–H and O–H groups in total. The van der Waals surface area contributed by atoms with Crippen LogP contribution < -0.4 is 10.9 Å². The van der Waals surface area contributed by atoms with Crippen molar-refractivity contribution < 1.29 is 14.3 Å². The van der Waals surface area contributed by atoms with Gasteiger partial charge in [-0.15, -0.1) is 0 Å². The van der Waals surface area contributed by atoms with Crippen molar-refractivity contribution >= 4 is 39.4 Å². The summed E-state index contributed by atoms with van der Waals surface area (Å²) in [6.45, 7) is 0.684. The number of hydrogen-bond donors (Lipinski definition) is 2. The Bertz CT molecular complexity index is 1440. The first-order valence-electron chi connectivity index (χ1n) is 10.5. The first-order valence-corrected chi connectivity index (χ1v) is 10.5. The quantitative estimate of drug-likeness (QED) is 0.481. The van der Waals surface area contributed by atoms with E-state index in [2.05, 4.69) is 20.5 Å². The Morgan fingerprint density at radius 3 is 2.81 bits per heavy atom. The van der Waals surface area contributed by atoms with Gasteiger partial charge < -0.3 is 10.1 Å². The average Bonchev–Trinajstić information content (AvgIpc) is 3.07. The third kappa shape index (κ3) is 3.41. The van der Waals surface area contributed by atoms with Gasteiger partial charge in [0.1, 0.15) is 5.82 Å². The number of rotatable bonds is 3. The summed E-state index contributed by atoms with van der Waals surface area (Å²) in [5, 5.41) is 10.6. The Hall–Kier alpha value is -4.01. The summed E-state index contributed by atoms with van der Waals surface area (Å²) >= 11 is 0. The number of aromatic nitrogens is 4. The first kappa shape index (κ1) is 19.9. The summed E-state index contributed by atoms with van der Waals surface area (Å²) in [6, 6.07) is 10.0. The lowest BCUT2D eigenvalue weighted by atomic mass is 10.1. The van der Waals surface area contributed by atoms with Gasteiger partial charge in [0.15, 0.2) is 5.69 Å². The molecule has 0 saturated heterocycles. The van der Waals surface area contributed by atoms with E-state index in [1.165, 1.54) is 7.11 Å². The normalized spacial score (nSPS) is 13.5. The lowest BCUT2D eigenvalue weighted by Crippen LogP contribution is -2.24. The summed E-state index contributed by atoms with van der Waals surface area (Å²) in [5.74, 6) is -0.129. The molecule has 2 aromatic carbocycles. The molecule has 5 rings (SSSR count). The maximum atomic E-state index is 12.9. The second-order valence-electron chi connectivity index (χ2n) is 7.81. The number of anilines is 1. The molecule has 0 spiro atoms. The third-order valence-electron chi connectivity index (χ3n) is 5.78. The topological polar surface area (TPSA) is 119 Å². The fourth-order valence-corrected chi connectivity index (χ4v) is 4.11. The molecule has 162 valence electrons. The van der Waals surface area contributed by atoms with Crippen LogP contribution in [0.3, 0.4) is 0 Å². The molecule has 9 heteroatoms. The molecule has 4 aromatic rings. The molecule has 2 aromatic heterocycles. The molecule has 1 aliphatic rings. The van der Waals surface area contributed by atoms with Gasteiger partial charge in [0.2, 0.25) is 0 Å². The van der Waals surface area contributed by atoms with E-state index in [4.69, 9.17) is 4.74 Å². The molecule has 0 bridgehead atoms. The Kier molecular flexibility index (Phi) is 4.93. The molecule has 0 aliphatic carbocycles. The Morgan fingerprint density at radius 2 is 1.97 bits per heavy atom. The van der Waals surface area contributed by atoms with Crippen LogP contribution in [0.5, 0.6) is 0 Å². The van der Waals surface area contributed by atoms with E-state index in [0.717, 1.165) is 31.5 Å². The molecule has 32 heavy (non-hydrogen) atoms. The van der Waals surface area contributed by atoms with Crippen molar-refractivity contribution in [3.63, 3.8) is 0 Å². The Morgan fingerprint density at radius 1 is 1.09 bits per heavy atom. The molecule has 0 fully saturated rings. The highest BCUT2D eigenvalue weighted by Crippen LogP contribution is 2.22. The number of nitrogens with one attached hydrogen (secondary N) is 2. The highest BCUT2D eigenvalue weighted by molar-refractivity contribution is 6.08. The smallest absolute Gasteiger partial charge is 0.359 e. The van der Waals surface area contributed by atoms with Crippen LogP contribution in [0, 0.1) is 0 Å². The number of H-pyrrole nitrogens is 1. The SMILES string of the molecule is COC(=O)c1n[nH]c2ccc(NC(=O)c3ccc4c(=O)n5c(nc4c3)CCCCC5)cc12. The second kappa shape index (κ2) is 7.92. The van der Waals surface area contributed by atoms with Crippen molar-refractivity contribution in [3.05, 3.63) is 63.8 Å². The molecule has 0 atom stereocenters. The zero-order chi connectivity index (χ0) is 22.2. The minimum absolute atomic E-state index is 0.0559. The zero-order valence-electron chi connectivity index (χ0n) is 17.5. The van der Waals surface area contributed by atoms with Crippen molar-refractivity contribution in [1.29, 1.82) is 0 Å². The van der Waals surface area contributed by atoms with E-state index >= 15 is 0 Å². The number of aryl methyl sites for hydroxylation is 1. The van der Waals surface area contributed by atoms with E-state index in [0.29, 0.717) is 39.6 Å². The van der Waals surface area contributed by atoms with Crippen molar-refractivity contribution in [1.82, 2.24) is 19.7 Å². The van der Waals surface area contributed by atoms with Crippen LogP contribution in [0.2, 0.25) is 0 Å². The van der Waals surface area contributed by atoms with Gasteiger partial charge in [0, 0.05) is 29.6 Å². The monoisotopic (exact) mass is 431 g/mol. The summed E-state index contributed by atoms with van der Waals surface area (Å²) in [7, 11) is 1.28. The number of fused-ring (bicyclic) bond motifs is 3. The van der Waals surface area contributed by atoms with Crippen LogP contribution >= 0.6 is 0 Å². The molecular weight excluding hydrogens is 410 g/mol. The predicted molar refractivity (Wildman–Crippen MR) is 119 cm³/mol. The van der Waals surface area contributed by atoms with Crippen molar-refractivity contribution in [2.45, 2.75) is 32.2 Å². The van der Waals surface area contributed by atoms with Gasteiger partial charge in [-0.05, 0) is 49.2 Å². The van der Waals surface area contributed by atoms with Crippen LogP contribution in [0.1, 0.15) is 45.9 Å². The highest BCUT2D eigenvalue weighted by atomic mass is 16.5. The lowest BCUT2D eigenvalue weighted by Gasteiger charge is -2.11. The van der Waals surface area contributed by atoms with Crippen molar-refractivity contribution in [2.24, 2.45) is 0 Å². The van der Waals surface area contributed by atoms with Gasteiger partial charge in [-0.25, -0.2) is 9.78 Å². The predicted octanol–water partition coefficient (Wildman–Crippen LogP) is 3.04. The van der Waals surface area contributed by atoms with Gasteiger partial charge in [-0.3, -0.25) is 19.3 Å². The highest BCUT2D eigenvalue weighted by Gasteiger charge is 2.17. The van der Waals surface area contributed by atoms with Crippen molar-refractivity contribution in [2.75, 3.05) is 12.4 Å². The van der Waals surface area contributed by atoms with E-state index in [-0.39, 0.29) is 17.2 Å². The maximum absolute atomic E-state index is 12.9. The number of amides is 1. The van der Waals surface area contributed by atoms with Gasteiger partial charge in [-0.2, -0.15) is 5.10 Å². The average molecular weight is 431 g/mol. The fraction of sp³-hybridized carbons (Fsp3) is 0.261. The van der Waals surface area contributed by atoms with Crippen LogP contribution in [0.4, 0.5) is 5.69 Å². The molecule has 0 unspecified atom stereocenters. The zero-order valence-corrected chi connectivity index (χ0v) is 17.5. The standard InChI is InChI=1S/C23H21N5O4/c1-32-23(31)20-16-12-14(7-9-17(16)26-27-20)24-21(29)13-6-8-15-18(11-13)25-19-5-3-2-4-10-28(19)22(15)30/h6-9,11-12H,2-5,10H2,1H3,(H,24,29)(H,26,27). The molecule has 1 amide bonds. The van der Waals surface area contributed by atoms with Crippen LogP contribution in [-0.4, -0.2) is 38.7 Å². The van der Waals surface area contributed by atoms with E-state index in [1.54, 1.807) is 41.0 Å². The van der Waals surface area contributed by atoms with E-state index < -0.39 is 5.97 Å². The number of carbonyl (C=O) groups excluding carboxylic acids is 2. The van der Waals surface area contributed by atoms with Crippen LogP contribution in [0.15, 0.2) is 41.2 Å². The van der Waals surface area contributed by atoms with Gasteiger partial charge in [0.05, 0.1) is 23.5 Å². The number of ether oxygens (including phenoxy) is 1. The van der Waals surface area contributed by atoms with Gasteiger partial charge in [-0.1, -0.05) is 6.42 Å². The van der Waals surface area contributed by atoms with Crippen LogP contribution in [0.25, 0.3) is 21.8 Å². The lowest BCUT2D eigenvalue weighted by molar-refractivity contribution is 0.0596. The Labute approximate surface area is 182 Å². The molecular formula is C23H21N5O4. The van der Waals surface area contributed by atoms with Crippen molar-refractivity contribution in [3.8, 4) is 0 Å². The van der Waals surface area contributed by atoms with Gasteiger partial charge >= 0.3 is 5.97 Å². The number of nitrogens with zero attached hydrogens (tertiary/aromatic N) is 3. The molecule has 9 nitrogen and oxygen atoms in total. The number of aromatic amines is 1. The summed E-state index contributed by atoms with van der Waals surface area (Å²) in [5.41, 5.74) is 2.16. The number of methoxy groups -OCH3 is 1. The molecule has 0 saturated carbocycles. The summed E-state index contributed by atoms with van der Waals surface area (Å²) in [6.07, 6.45) is 3.81. The first-order chi connectivity index (χ1) is 15.5. The van der Waals surface area contributed by atoms with E-state index in [1.807, 2.05) is 0 Å². The number of benzene rings is 2. The number of carbonyl (C=O) groups is 2.